The third kappa shape index (κ3) is 4.54. The summed E-state index contributed by atoms with van der Waals surface area (Å²) in [7, 11) is 0. The second kappa shape index (κ2) is 9.07. The van der Waals surface area contributed by atoms with Crippen molar-refractivity contribution in [1.82, 2.24) is 19.9 Å². The molecule has 3 fully saturated rings. The molecule has 1 saturated carbocycles. The molecule has 3 aromatic heterocycles. The Morgan fingerprint density at radius 3 is 2.60 bits per heavy atom. The standard InChI is InChI=1S/C24H22ClF3N6O/c1-13-7-16(21-29-5-2-6-30-21)19(12-35)33-23(13)34-11-14-3-4-20(34)18(8-14)32-22-17(25)9-15(10-31-22)24(26,27)28/h2,5-7,9-10,12,14,18,20H,3-4,8,11H2,1H3,(H,31,32)/t14-,18-,20+/m1/s1. The lowest BCUT2D eigenvalue weighted by molar-refractivity contribution is -0.137. The average molecular weight is 503 g/mol. The fourth-order valence-corrected chi connectivity index (χ4v) is 5.30. The Kier molecular flexibility index (Phi) is 6.08. The maximum atomic E-state index is 13.0. The van der Waals surface area contributed by atoms with Gasteiger partial charge in [0.15, 0.2) is 12.1 Å². The number of alkyl halides is 3. The number of anilines is 2. The van der Waals surface area contributed by atoms with Crippen LogP contribution in [0, 0.1) is 12.8 Å². The second-order valence-corrected chi connectivity index (χ2v) is 9.36. The van der Waals surface area contributed by atoms with Gasteiger partial charge in [0.25, 0.3) is 0 Å². The van der Waals surface area contributed by atoms with E-state index in [-0.39, 0.29) is 28.6 Å². The number of halogens is 4. The molecule has 6 rings (SSSR count). The quantitative estimate of drug-likeness (QED) is 0.480. The molecule has 0 unspecified atom stereocenters. The predicted molar refractivity (Wildman–Crippen MR) is 126 cm³/mol. The fraction of sp³-hybridized carbons (Fsp3) is 0.375. The van der Waals surface area contributed by atoms with E-state index in [1.54, 1.807) is 18.5 Å². The Morgan fingerprint density at radius 2 is 1.94 bits per heavy atom. The van der Waals surface area contributed by atoms with E-state index in [1.165, 1.54) is 0 Å². The predicted octanol–water partition coefficient (Wildman–Crippen LogP) is 5.20. The number of aryl methyl sites for hydroxylation is 1. The summed E-state index contributed by atoms with van der Waals surface area (Å²) in [5.41, 5.74) is 0.827. The number of nitrogens with one attached hydrogen (secondary N) is 1. The number of carbonyl (C=O) groups is 1. The first-order valence-electron chi connectivity index (χ1n) is 11.2. The molecule has 2 bridgehead atoms. The molecule has 3 atom stereocenters. The van der Waals surface area contributed by atoms with E-state index in [4.69, 9.17) is 16.6 Å². The van der Waals surface area contributed by atoms with Crippen LogP contribution in [0.15, 0.2) is 36.8 Å². The highest BCUT2D eigenvalue weighted by Gasteiger charge is 2.42. The largest absolute Gasteiger partial charge is 0.417 e. The molecule has 0 spiro atoms. The van der Waals surface area contributed by atoms with Crippen LogP contribution in [0.4, 0.5) is 24.8 Å². The van der Waals surface area contributed by atoms with Crippen molar-refractivity contribution in [3.63, 3.8) is 0 Å². The van der Waals surface area contributed by atoms with Crippen LogP contribution in [0.2, 0.25) is 5.02 Å². The van der Waals surface area contributed by atoms with Crippen LogP contribution in [0.25, 0.3) is 11.4 Å². The maximum Gasteiger partial charge on any atom is 0.417 e. The average Bonchev–Trinajstić information content (AvgIpc) is 2.85. The number of fused-ring (bicyclic) bond motifs is 3. The van der Waals surface area contributed by atoms with Crippen LogP contribution in [0.1, 0.15) is 40.9 Å². The van der Waals surface area contributed by atoms with E-state index in [1.807, 2.05) is 13.0 Å². The molecule has 5 heterocycles. The number of rotatable bonds is 5. The van der Waals surface area contributed by atoms with Gasteiger partial charge in [-0.2, -0.15) is 13.2 Å². The van der Waals surface area contributed by atoms with Crippen molar-refractivity contribution in [2.24, 2.45) is 5.92 Å². The summed E-state index contributed by atoms with van der Waals surface area (Å²) in [6.45, 7) is 2.71. The van der Waals surface area contributed by atoms with Crippen molar-refractivity contribution in [3.05, 3.63) is 58.6 Å². The van der Waals surface area contributed by atoms with Crippen molar-refractivity contribution in [2.45, 2.75) is 44.4 Å². The molecular formula is C24H22ClF3N6O. The van der Waals surface area contributed by atoms with E-state index in [2.05, 4.69) is 25.2 Å². The van der Waals surface area contributed by atoms with Gasteiger partial charge < -0.3 is 10.2 Å². The molecule has 1 N–H and O–H groups in total. The molecule has 7 nitrogen and oxygen atoms in total. The molecule has 0 amide bonds. The van der Waals surface area contributed by atoms with Crippen LogP contribution < -0.4 is 10.2 Å². The smallest absolute Gasteiger partial charge is 0.364 e. The normalized spacial score (nSPS) is 21.7. The molecule has 2 aliphatic heterocycles. The Labute approximate surface area is 204 Å². The maximum absolute atomic E-state index is 13.0. The number of hydrogen-bond donors (Lipinski definition) is 1. The van der Waals surface area contributed by atoms with Gasteiger partial charge in [0.05, 0.1) is 16.6 Å². The van der Waals surface area contributed by atoms with Gasteiger partial charge in [-0.1, -0.05) is 11.6 Å². The number of aromatic nitrogens is 4. The molecule has 0 aromatic carbocycles. The van der Waals surface area contributed by atoms with E-state index in [9.17, 15) is 18.0 Å². The number of carbonyl (C=O) groups excluding carboxylic acids is 1. The molecule has 3 aromatic rings. The summed E-state index contributed by atoms with van der Waals surface area (Å²) in [5, 5.41) is 3.20. The topological polar surface area (TPSA) is 83.9 Å². The van der Waals surface area contributed by atoms with Gasteiger partial charge in [-0.15, -0.1) is 0 Å². The molecule has 35 heavy (non-hydrogen) atoms. The number of hydrogen-bond acceptors (Lipinski definition) is 7. The van der Waals surface area contributed by atoms with E-state index in [0.717, 1.165) is 43.6 Å². The minimum Gasteiger partial charge on any atom is -0.364 e. The van der Waals surface area contributed by atoms with Crippen molar-refractivity contribution in [2.75, 3.05) is 16.8 Å². The molecule has 3 aliphatic rings. The molecule has 182 valence electrons. The zero-order chi connectivity index (χ0) is 24.7. The summed E-state index contributed by atoms with van der Waals surface area (Å²) in [6.07, 6.45) is 2.98. The number of aldehydes is 1. The van der Waals surface area contributed by atoms with Gasteiger partial charge in [-0.05, 0) is 55.9 Å². The van der Waals surface area contributed by atoms with Gasteiger partial charge in [0.2, 0.25) is 0 Å². The van der Waals surface area contributed by atoms with E-state index >= 15 is 0 Å². The summed E-state index contributed by atoms with van der Waals surface area (Å²) in [6, 6.07) is 4.41. The number of piperidine rings is 2. The summed E-state index contributed by atoms with van der Waals surface area (Å²) in [5.74, 6) is 1.73. The highest BCUT2D eigenvalue weighted by atomic mass is 35.5. The molecule has 0 radical (unpaired) electrons. The van der Waals surface area contributed by atoms with Crippen molar-refractivity contribution < 1.29 is 18.0 Å². The SMILES string of the molecule is Cc1cc(-c2ncccn2)c(C=O)nc1N1C[C@@H]2CC[C@H]1[C@H](Nc1ncc(C(F)(F)F)cc1Cl)C2. The Morgan fingerprint density at radius 1 is 1.17 bits per heavy atom. The van der Waals surface area contributed by atoms with Crippen LogP contribution in [0.5, 0.6) is 0 Å². The Hall–Kier alpha value is -3.27. The number of nitrogens with zero attached hydrogens (tertiary/aromatic N) is 5. The van der Waals surface area contributed by atoms with Gasteiger partial charge >= 0.3 is 6.18 Å². The van der Waals surface area contributed by atoms with Gasteiger partial charge in [0.1, 0.15) is 17.3 Å². The lowest BCUT2D eigenvalue weighted by Crippen LogP contribution is -2.58. The molecular weight excluding hydrogens is 481 g/mol. The van der Waals surface area contributed by atoms with Crippen LogP contribution in [-0.2, 0) is 6.18 Å². The molecule has 11 heteroatoms. The summed E-state index contributed by atoms with van der Waals surface area (Å²) < 4.78 is 39.0. The van der Waals surface area contributed by atoms with Gasteiger partial charge in [-0.25, -0.2) is 19.9 Å². The van der Waals surface area contributed by atoms with Crippen LogP contribution in [0.3, 0.4) is 0 Å². The van der Waals surface area contributed by atoms with E-state index in [0.29, 0.717) is 29.4 Å². The summed E-state index contributed by atoms with van der Waals surface area (Å²) >= 11 is 6.15. The lowest BCUT2D eigenvalue weighted by Gasteiger charge is -2.51. The minimum absolute atomic E-state index is 0.0182. The van der Waals surface area contributed by atoms with E-state index < -0.39 is 11.7 Å². The third-order valence-corrected chi connectivity index (χ3v) is 6.96. The number of pyridine rings is 2. The fourth-order valence-electron chi connectivity index (χ4n) is 5.08. The van der Waals surface area contributed by atoms with Crippen molar-refractivity contribution in [3.8, 4) is 11.4 Å². The lowest BCUT2D eigenvalue weighted by atomic mass is 9.76. The molecule has 2 saturated heterocycles. The summed E-state index contributed by atoms with van der Waals surface area (Å²) in [4.78, 5) is 31.2. The van der Waals surface area contributed by atoms with Crippen LogP contribution >= 0.6 is 11.6 Å². The monoisotopic (exact) mass is 502 g/mol. The zero-order valence-electron chi connectivity index (χ0n) is 18.8. The third-order valence-electron chi connectivity index (χ3n) is 6.67. The zero-order valence-corrected chi connectivity index (χ0v) is 19.5. The van der Waals surface area contributed by atoms with Crippen LogP contribution in [-0.4, -0.2) is 44.9 Å². The van der Waals surface area contributed by atoms with Crippen molar-refractivity contribution in [1.29, 1.82) is 0 Å². The van der Waals surface area contributed by atoms with Gasteiger partial charge in [0, 0.05) is 36.7 Å². The minimum atomic E-state index is -4.51. The first kappa shape index (κ1) is 23.5. The second-order valence-electron chi connectivity index (χ2n) is 8.95. The van der Waals surface area contributed by atoms with Crippen molar-refractivity contribution >= 4 is 29.5 Å². The van der Waals surface area contributed by atoms with Gasteiger partial charge in [-0.3, -0.25) is 4.79 Å². The first-order chi connectivity index (χ1) is 16.7. The Bertz CT molecular complexity index is 1260. The highest BCUT2D eigenvalue weighted by molar-refractivity contribution is 6.33. The first-order valence-corrected chi connectivity index (χ1v) is 11.6. The Balaban J connectivity index is 1.44. The highest BCUT2D eigenvalue weighted by Crippen LogP contribution is 2.41. The molecule has 1 aliphatic carbocycles.